The number of rotatable bonds is 11. The van der Waals surface area contributed by atoms with Gasteiger partial charge >= 0.3 is 0 Å². The van der Waals surface area contributed by atoms with Crippen LogP contribution in [0.1, 0.15) is 85.0 Å². The van der Waals surface area contributed by atoms with Crippen LogP contribution in [0.4, 0.5) is 0 Å². The summed E-state index contributed by atoms with van der Waals surface area (Å²) in [5.41, 5.74) is 0.0845. The molecule has 0 heterocycles. The molecule has 1 nitrogen and oxygen atoms in total. The molecule has 0 aromatic carbocycles. The zero-order valence-electron chi connectivity index (χ0n) is 12.0. The Morgan fingerprint density at radius 2 is 1.19 bits per heavy atom. The summed E-state index contributed by atoms with van der Waals surface area (Å²) in [4.78, 5) is 0. The van der Waals surface area contributed by atoms with Crippen molar-refractivity contribution in [3.05, 3.63) is 0 Å². The van der Waals surface area contributed by atoms with E-state index >= 15 is 0 Å². The summed E-state index contributed by atoms with van der Waals surface area (Å²) in [6.07, 6.45) is 13.8. The molecular formula is C15H32O. The van der Waals surface area contributed by atoms with E-state index < -0.39 is 0 Å². The van der Waals surface area contributed by atoms with E-state index in [0.717, 1.165) is 0 Å². The average Bonchev–Trinajstić information content (AvgIpc) is 2.27. The summed E-state index contributed by atoms with van der Waals surface area (Å²) in [5.74, 6) is 0. The van der Waals surface area contributed by atoms with Crippen LogP contribution in [0.2, 0.25) is 0 Å². The van der Waals surface area contributed by atoms with Gasteiger partial charge in [-0.1, -0.05) is 64.7 Å². The maximum Gasteiger partial charge on any atom is 0.0622 e. The first-order valence-electron chi connectivity index (χ1n) is 7.17. The molecule has 0 bridgehead atoms. The molecule has 0 radical (unpaired) electrons. The Balaban J connectivity index is 3.10. The highest BCUT2D eigenvalue weighted by Crippen LogP contribution is 2.18. The van der Waals surface area contributed by atoms with Crippen LogP contribution >= 0.6 is 0 Å². The summed E-state index contributed by atoms with van der Waals surface area (Å²) < 4.78 is 5.41. The monoisotopic (exact) mass is 228 g/mol. The lowest BCUT2D eigenvalue weighted by molar-refractivity contribution is 0.0134. The fraction of sp³-hybridized carbons (Fsp3) is 1.00. The molecule has 0 unspecified atom stereocenters. The highest BCUT2D eigenvalue weighted by Gasteiger charge is 2.14. The topological polar surface area (TPSA) is 9.23 Å². The fourth-order valence-electron chi connectivity index (χ4n) is 1.96. The fourth-order valence-corrected chi connectivity index (χ4v) is 1.96. The van der Waals surface area contributed by atoms with Crippen LogP contribution in [0.3, 0.4) is 0 Å². The van der Waals surface area contributed by atoms with Crippen LogP contribution in [-0.4, -0.2) is 12.7 Å². The van der Waals surface area contributed by atoms with Crippen LogP contribution < -0.4 is 0 Å². The van der Waals surface area contributed by atoms with Crippen LogP contribution in [0.5, 0.6) is 0 Å². The molecule has 0 amide bonds. The third-order valence-electron chi connectivity index (χ3n) is 3.43. The molecule has 0 rings (SSSR count). The van der Waals surface area contributed by atoms with Gasteiger partial charge in [-0.3, -0.25) is 0 Å². The molecule has 0 atom stereocenters. The lowest BCUT2D eigenvalue weighted by Crippen LogP contribution is -2.21. The highest BCUT2D eigenvalue weighted by molar-refractivity contribution is 4.67. The Morgan fingerprint density at radius 1 is 0.750 bits per heavy atom. The zero-order chi connectivity index (χ0) is 12.3. The quantitative estimate of drug-likeness (QED) is 0.434. The minimum Gasteiger partial charge on any atom is -0.379 e. The first-order valence-corrected chi connectivity index (χ1v) is 7.17. The van der Waals surface area contributed by atoms with Crippen LogP contribution in [0.15, 0.2) is 0 Å². The van der Waals surface area contributed by atoms with Crippen molar-refractivity contribution in [3.8, 4) is 0 Å². The minimum absolute atomic E-state index is 0.0845. The second-order valence-corrected chi connectivity index (χ2v) is 5.54. The third kappa shape index (κ3) is 10.5. The molecule has 0 aliphatic heterocycles. The van der Waals surface area contributed by atoms with Crippen molar-refractivity contribution in [2.24, 2.45) is 0 Å². The van der Waals surface area contributed by atoms with Crippen molar-refractivity contribution in [3.63, 3.8) is 0 Å². The van der Waals surface area contributed by atoms with Gasteiger partial charge < -0.3 is 4.74 Å². The largest absolute Gasteiger partial charge is 0.379 e. The molecule has 0 saturated heterocycles. The molecule has 0 N–H and O–H groups in total. The zero-order valence-corrected chi connectivity index (χ0v) is 12.0. The van der Waals surface area contributed by atoms with Gasteiger partial charge in [-0.05, 0) is 20.3 Å². The molecule has 0 aliphatic carbocycles. The number of ether oxygens (including phenoxy) is 1. The van der Waals surface area contributed by atoms with E-state index in [-0.39, 0.29) is 5.60 Å². The van der Waals surface area contributed by atoms with Gasteiger partial charge in [0.05, 0.1) is 5.60 Å². The van der Waals surface area contributed by atoms with Crippen LogP contribution in [0, 0.1) is 0 Å². The smallest absolute Gasteiger partial charge is 0.0622 e. The van der Waals surface area contributed by atoms with Crippen molar-refractivity contribution in [2.45, 2.75) is 90.6 Å². The van der Waals surface area contributed by atoms with Crippen molar-refractivity contribution in [1.29, 1.82) is 0 Å². The second kappa shape index (κ2) is 10.1. The normalized spacial score (nSPS) is 12.0. The molecule has 1 heteroatoms. The summed E-state index contributed by atoms with van der Waals surface area (Å²) >= 11 is 0. The Bertz CT molecular complexity index is 140. The Kier molecular flexibility index (Phi) is 10.1. The predicted octanol–water partition coefficient (Wildman–Crippen LogP) is 5.33. The number of unbranched alkanes of at least 4 members (excludes halogenated alkanes) is 8. The number of hydrogen-bond donors (Lipinski definition) is 0. The Labute approximate surface area is 103 Å². The first kappa shape index (κ1) is 16.0. The van der Waals surface area contributed by atoms with Gasteiger partial charge in [-0.2, -0.15) is 0 Å². The van der Waals surface area contributed by atoms with Gasteiger partial charge in [0.1, 0.15) is 0 Å². The van der Waals surface area contributed by atoms with Crippen molar-refractivity contribution < 1.29 is 4.74 Å². The lowest BCUT2D eigenvalue weighted by Gasteiger charge is -2.22. The molecule has 98 valence electrons. The van der Waals surface area contributed by atoms with E-state index in [4.69, 9.17) is 4.74 Å². The summed E-state index contributed by atoms with van der Waals surface area (Å²) in [5, 5.41) is 0. The van der Waals surface area contributed by atoms with Gasteiger partial charge in [0.2, 0.25) is 0 Å². The lowest BCUT2D eigenvalue weighted by atomic mass is 9.99. The second-order valence-electron chi connectivity index (χ2n) is 5.54. The maximum absolute atomic E-state index is 5.41. The molecule has 0 spiro atoms. The van der Waals surface area contributed by atoms with Crippen molar-refractivity contribution in [2.75, 3.05) is 7.11 Å². The molecule has 0 aliphatic rings. The molecule has 0 aromatic rings. The van der Waals surface area contributed by atoms with Crippen molar-refractivity contribution >= 4 is 0 Å². The maximum atomic E-state index is 5.41. The van der Waals surface area contributed by atoms with E-state index in [9.17, 15) is 0 Å². The molecule has 0 aromatic heterocycles. The van der Waals surface area contributed by atoms with E-state index in [0.29, 0.717) is 0 Å². The van der Waals surface area contributed by atoms with Gasteiger partial charge in [-0.15, -0.1) is 0 Å². The van der Waals surface area contributed by atoms with E-state index in [1.165, 1.54) is 64.2 Å². The van der Waals surface area contributed by atoms with E-state index in [2.05, 4.69) is 20.8 Å². The van der Waals surface area contributed by atoms with E-state index in [1.807, 2.05) is 7.11 Å². The first-order chi connectivity index (χ1) is 7.62. The summed E-state index contributed by atoms with van der Waals surface area (Å²) in [6, 6.07) is 0. The molecule has 16 heavy (non-hydrogen) atoms. The number of methoxy groups -OCH3 is 1. The van der Waals surface area contributed by atoms with E-state index in [1.54, 1.807) is 0 Å². The Hall–Kier alpha value is -0.0400. The highest BCUT2D eigenvalue weighted by atomic mass is 16.5. The number of hydrogen-bond acceptors (Lipinski definition) is 1. The average molecular weight is 228 g/mol. The van der Waals surface area contributed by atoms with Gasteiger partial charge in [-0.25, -0.2) is 0 Å². The van der Waals surface area contributed by atoms with Crippen LogP contribution in [-0.2, 0) is 4.74 Å². The SMILES string of the molecule is CCCCCCCCCCCC(C)(C)OC. The molecular weight excluding hydrogens is 196 g/mol. The predicted molar refractivity (Wildman–Crippen MR) is 72.9 cm³/mol. The van der Waals surface area contributed by atoms with Gasteiger partial charge in [0, 0.05) is 7.11 Å². The van der Waals surface area contributed by atoms with Crippen molar-refractivity contribution in [1.82, 2.24) is 0 Å². The summed E-state index contributed by atoms with van der Waals surface area (Å²) in [6.45, 7) is 6.63. The third-order valence-corrected chi connectivity index (χ3v) is 3.43. The van der Waals surface area contributed by atoms with Crippen LogP contribution in [0.25, 0.3) is 0 Å². The van der Waals surface area contributed by atoms with Gasteiger partial charge in [0.15, 0.2) is 0 Å². The Morgan fingerprint density at radius 3 is 1.62 bits per heavy atom. The molecule has 0 saturated carbocycles. The summed E-state index contributed by atoms with van der Waals surface area (Å²) in [7, 11) is 1.81. The standard InChI is InChI=1S/C15H32O/c1-5-6-7-8-9-10-11-12-13-14-15(2,3)16-4/h5-14H2,1-4H3. The van der Waals surface area contributed by atoms with Gasteiger partial charge in [0.25, 0.3) is 0 Å². The minimum atomic E-state index is 0.0845. The molecule has 0 fully saturated rings.